The maximum absolute atomic E-state index is 12.8. The molecule has 1 unspecified atom stereocenters. The standard InChI is InChI=1S/C18H24ClNO5/c1-3-4-9-25-16-13(19)10-12(11-15(16)24-2)17(21)20-8-6-5-7-14(20)18(22)23/h10-11,14H,3-9H2,1-2H3,(H,22,23). The molecular formula is C18H24ClNO5. The molecule has 1 amide bonds. The fourth-order valence-electron chi connectivity index (χ4n) is 2.90. The molecule has 0 radical (unpaired) electrons. The highest BCUT2D eigenvalue weighted by Gasteiger charge is 2.33. The molecule has 0 bridgehead atoms. The largest absolute Gasteiger partial charge is 0.493 e. The molecule has 1 heterocycles. The van der Waals surface area contributed by atoms with Gasteiger partial charge in [0.25, 0.3) is 5.91 Å². The van der Waals surface area contributed by atoms with Gasteiger partial charge in [-0.05, 0) is 37.8 Å². The van der Waals surface area contributed by atoms with E-state index in [-0.39, 0.29) is 10.9 Å². The zero-order valence-electron chi connectivity index (χ0n) is 14.6. The molecule has 1 N–H and O–H groups in total. The number of aliphatic carboxylic acids is 1. The lowest BCUT2D eigenvalue weighted by Gasteiger charge is -2.33. The first-order chi connectivity index (χ1) is 12.0. The average Bonchev–Trinajstić information content (AvgIpc) is 2.62. The SMILES string of the molecule is CCCCOc1c(Cl)cc(C(=O)N2CCCCC2C(=O)O)cc1OC. The minimum Gasteiger partial charge on any atom is -0.493 e. The number of piperidine rings is 1. The molecule has 1 atom stereocenters. The lowest BCUT2D eigenvalue weighted by atomic mass is 10.0. The number of unbranched alkanes of at least 4 members (excludes halogenated alkanes) is 1. The van der Waals surface area contributed by atoms with Crippen molar-refractivity contribution in [2.45, 2.75) is 45.1 Å². The summed E-state index contributed by atoms with van der Waals surface area (Å²) < 4.78 is 11.0. The number of rotatable bonds is 7. The summed E-state index contributed by atoms with van der Waals surface area (Å²) in [7, 11) is 1.48. The number of carbonyl (C=O) groups is 2. The first kappa shape index (κ1) is 19.4. The molecule has 1 saturated heterocycles. The number of carbonyl (C=O) groups excluding carboxylic acids is 1. The number of hydrogen-bond donors (Lipinski definition) is 1. The van der Waals surface area contributed by atoms with Crippen molar-refractivity contribution in [1.82, 2.24) is 4.90 Å². The highest BCUT2D eigenvalue weighted by Crippen LogP contribution is 2.37. The highest BCUT2D eigenvalue weighted by atomic mass is 35.5. The van der Waals surface area contributed by atoms with E-state index in [1.54, 1.807) is 6.07 Å². The first-order valence-corrected chi connectivity index (χ1v) is 8.91. The normalized spacial score (nSPS) is 17.2. The third-order valence-corrected chi connectivity index (χ3v) is 4.55. The summed E-state index contributed by atoms with van der Waals surface area (Å²) in [5.41, 5.74) is 0.304. The summed E-state index contributed by atoms with van der Waals surface area (Å²) in [5.74, 6) is -0.559. The lowest BCUT2D eigenvalue weighted by Crippen LogP contribution is -2.48. The van der Waals surface area contributed by atoms with Crippen molar-refractivity contribution in [1.29, 1.82) is 0 Å². The van der Waals surface area contributed by atoms with Crippen LogP contribution in [0, 0.1) is 0 Å². The van der Waals surface area contributed by atoms with E-state index >= 15 is 0 Å². The zero-order chi connectivity index (χ0) is 18.4. The van der Waals surface area contributed by atoms with E-state index in [4.69, 9.17) is 21.1 Å². The number of ether oxygens (including phenoxy) is 2. The second-order valence-corrected chi connectivity index (χ2v) is 6.45. The Balaban J connectivity index is 2.27. The Bertz CT molecular complexity index is 634. The van der Waals surface area contributed by atoms with Gasteiger partial charge in [0, 0.05) is 12.1 Å². The van der Waals surface area contributed by atoms with Crippen LogP contribution in [0.1, 0.15) is 49.4 Å². The quantitative estimate of drug-likeness (QED) is 0.743. The highest BCUT2D eigenvalue weighted by molar-refractivity contribution is 6.32. The van der Waals surface area contributed by atoms with E-state index < -0.39 is 12.0 Å². The Hall–Kier alpha value is -1.95. The minimum atomic E-state index is -0.981. The van der Waals surface area contributed by atoms with Crippen molar-refractivity contribution in [2.75, 3.05) is 20.3 Å². The van der Waals surface area contributed by atoms with Gasteiger partial charge in [0.1, 0.15) is 6.04 Å². The Morgan fingerprint density at radius 1 is 1.36 bits per heavy atom. The summed E-state index contributed by atoms with van der Waals surface area (Å²) >= 11 is 6.28. The van der Waals surface area contributed by atoms with Crippen LogP contribution in [0.2, 0.25) is 5.02 Å². The van der Waals surface area contributed by atoms with Crippen LogP contribution in [0.4, 0.5) is 0 Å². The van der Waals surface area contributed by atoms with E-state index in [9.17, 15) is 14.7 Å². The van der Waals surface area contributed by atoms with Gasteiger partial charge in [-0.1, -0.05) is 24.9 Å². The van der Waals surface area contributed by atoms with Crippen LogP contribution in [-0.4, -0.2) is 48.2 Å². The van der Waals surface area contributed by atoms with Crippen LogP contribution < -0.4 is 9.47 Å². The molecule has 2 rings (SSSR count). The molecule has 25 heavy (non-hydrogen) atoms. The van der Waals surface area contributed by atoms with Gasteiger partial charge in [0.05, 0.1) is 18.7 Å². The van der Waals surface area contributed by atoms with E-state index in [1.807, 2.05) is 0 Å². The van der Waals surface area contributed by atoms with Gasteiger partial charge >= 0.3 is 5.97 Å². The molecule has 1 aliphatic heterocycles. The molecule has 1 aromatic carbocycles. The molecule has 0 aromatic heterocycles. The van der Waals surface area contributed by atoms with E-state index in [0.717, 1.165) is 25.7 Å². The molecule has 1 aliphatic rings. The summed E-state index contributed by atoms with van der Waals surface area (Å²) in [6.07, 6.45) is 3.92. The third kappa shape index (κ3) is 4.57. The Kier molecular flexibility index (Phi) is 6.93. The third-order valence-electron chi connectivity index (χ3n) is 4.27. The van der Waals surface area contributed by atoms with E-state index in [2.05, 4.69) is 6.92 Å². The van der Waals surface area contributed by atoms with E-state index in [1.165, 1.54) is 18.1 Å². The van der Waals surface area contributed by atoms with Gasteiger partial charge in [0.2, 0.25) is 0 Å². The summed E-state index contributed by atoms with van der Waals surface area (Å²) in [5, 5.41) is 9.64. The van der Waals surface area contributed by atoms with Gasteiger partial charge in [-0.25, -0.2) is 4.79 Å². The molecule has 138 valence electrons. The van der Waals surface area contributed by atoms with Crippen molar-refractivity contribution in [3.8, 4) is 11.5 Å². The van der Waals surface area contributed by atoms with Gasteiger partial charge in [0.15, 0.2) is 11.5 Å². The summed E-state index contributed by atoms with van der Waals surface area (Å²) in [4.78, 5) is 25.6. The summed E-state index contributed by atoms with van der Waals surface area (Å²) in [6.45, 7) is 2.99. The monoisotopic (exact) mass is 369 g/mol. The second kappa shape index (κ2) is 8.94. The number of halogens is 1. The van der Waals surface area contributed by atoms with Crippen molar-refractivity contribution in [2.24, 2.45) is 0 Å². The lowest BCUT2D eigenvalue weighted by molar-refractivity contribution is -0.143. The molecule has 1 fully saturated rings. The number of likely N-dealkylation sites (tertiary alicyclic amines) is 1. The molecular weight excluding hydrogens is 346 g/mol. The number of hydrogen-bond acceptors (Lipinski definition) is 4. The molecule has 0 aliphatic carbocycles. The Morgan fingerprint density at radius 3 is 2.76 bits per heavy atom. The predicted octanol–water partition coefficient (Wildman–Crippen LogP) is 3.61. The smallest absolute Gasteiger partial charge is 0.326 e. The minimum absolute atomic E-state index is 0.280. The number of methoxy groups -OCH3 is 1. The molecule has 7 heteroatoms. The number of benzene rings is 1. The number of nitrogens with zero attached hydrogens (tertiary/aromatic N) is 1. The maximum Gasteiger partial charge on any atom is 0.326 e. The number of carboxylic acids is 1. The number of amides is 1. The van der Waals surface area contributed by atoms with E-state index in [0.29, 0.717) is 36.6 Å². The van der Waals surface area contributed by atoms with Crippen LogP contribution in [0.15, 0.2) is 12.1 Å². The predicted molar refractivity (Wildman–Crippen MR) is 94.7 cm³/mol. The first-order valence-electron chi connectivity index (χ1n) is 8.53. The second-order valence-electron chi connectivity index (χ2n) is 6.04. The maximum atomic E-state index is 12.8. The van der Waals surface area contributed by atoms with Gasteiger partial charge in [-0.2, -0.15) is 0 Å². The topological polar surface area (TPSA) is 76.1 Å². The zero-order valence-corrected chi connectivity index (χ0v) is 15.3. The van der Waals surface area contributed by atoms with Crippen molar-refractivity contribution < 1.29 is 24.2 Å². The number of carboxylic acid groups (broad SMARTS) is 1. The van der Waals surface area contributed by atoms with Crippen molar-refractivity contribution >= 4 is 23.5 Å². The van der Waals surface area contributed by atoms with Gasteiger partial charge < -0.3 is 19.5 Å². The molecule has 6 nitrogen and oxygen atoms in total. The fraction of sp³-hybridized carbons (Fsp3) is 0.556. The summed E-state index contributed by atoms with van der Waals surface area (Å²) in [6, 6.07) is 2.27. The van der Waals surface area contributed by atoms with Crippen LogP contribution in [0.5, 0.6) is 11.5 Å². The van der Waals surface area contributed by atoms with Crippen LogP contribution in [0.3, 0.4) is 0 Å². The van der Waals surface area contributed by atoms with Crippen LogP contribution in [-0.2, 0) is 4.79 Å². The van der Waals surface area contributed by atoms with Gasteiger partial charge in [-0.3, -0.25) is 4.79 Å². The van der Waals surface area contributed by atoms with Crippen LogP contribution >= 0.6 is 11.6 Å². The Labute approximate surface area is 152 Å². The van der Waals surface area contributed by atoms with Crippen LogP contribution in [0.25, 0.3) is 0 Å². The van der Waals surface area contributed by atoms with Crippen molar-refractivity contribution in [3.05, 3.63) is 22.7 Å². The molecule has 1 aromatic rings. The van der Waals surface area contributed by atoms with Gasteiger partial charge in [-0.15, -0.1) is 0 Å². The fourth-order valence-corrected chi connectivity index (χ4v) is 3.16. The average molecular weight is 370 g/mol. The van der Waals surface area contributed by atoms with Crippen molar-refractivity contribution in [3.63, 3.8) is 0 Å². The Morgan fingerprint density at radius 2 is 2.12 bits per heavy atom. The molecule has 0 saturated carbocycles. The molecule has 0 spiro atoms.